The number of anilines is 1. The van der Waals surface area contributed by atoms with Crippen LogP contribution in [0.15, 0.2) is 42.5 Å². The second-order valence-corrected chi connectivity index (χ2v) is 7.33. The van der Waals surface area contributed by atoms with Gasteiger partial charge in [0.25, 0.3) is 5.91 Å². The van der Waals surface area contributed by atoms with E-state index < -0.39 is 23.5 Å². The summed E-state index contributed by atoms with van der Waals surface area (Å²) in [5, 5.41) is 4.89. The Morgan fingerprint density at radius 2 is 1.67 bits per heavy atom. The summed E-state index contributed by atoms with van der Waals surface area (Å²) in [5.41, 5.74) is 1.04. The molecular formula is C20H21ClN2O4. The molecule has 0 heterocycles. The van der Waals surface area contributed by atoms with Crippen molar-refractivity contribution in [3.8, 4) is 0 Å². The zero-order chi connectivity index (χ0) is 20.2. The van der Waals surface area contributed by atoms with Crippen LogP contribution in [0.1, 0.15) is 47.1 Å². The number of benzene rings is 2. The lowest BCUT2D eigenvalue weighted by Gasteiger charge is -2.20. The van der Waals surface area contributed by atoms with Gasteiger partial charge in [-0.3, -0.25) is 10.1 Å². The fraction of sp³-hybridized carbons (Fsp3) is 0.250. The fourth-order valence-corrected chi connectivity index (χ4v) is 2.51. The lowest BCUT2D eigenvalue weighted by Crippen LogP contribution is -2.34. The Labute approximate surface area is 162 Å². The summed E-state index contributed by atoms with van der Waals surface area (Å²) in [7, 11) is 0. The number of imide groups is 1. The number of carbonyl (C=O) groups is 3. The highest BCUT2D eigenvalue weighted by atomic mass is 35.5. The molecule has 0 aromatic heterocycles. The molecule has 7 heteroatoms. The Bertz CT molecular complexity index is 888. The van der Waals surface area contributed by atoms with Gasteiger partial charge >= 0.3 is 12.0 Å². The van der Waals surface area contributed by atoms with Crippen LogP contribution in [-0.4, -0.2) is 23.5 Å². The summed E-state index contributed by atoms with van der Waals surface area (Å²) in [6.45, 7) is 7.04. The molecule has 2 rings (SSSR count). The van der Waals surface area contributed by atoms with Crippen molar-refractivity contribution in [2.45, 2.75) is 33.3 Å². The summed E-state index contributed by atoms with van der Waals surface area (Å²) in [5.74, 6) is -1.07. The second-order valence-electron chi connectivity index (χ2n) is 6.92. The number of hydrogen-bond acceptors (Lipinski definition) is 4. The van der Waals surface area contributed by atoms with E-state index in [0.717, 1.165) is 5.56 Å². The van der Waals surface area contributed by atoms with E-state index in [9.17, 15) is 14.4 Å². The van der Waals surface area contributed by atoms with Gasteiger partial charge in [0.05, 0.1) is 10.6 Å². The highest BCUT2D eigenvalue weighted by Crippen LogP contribution is 2.23. The fourth-order valence-electron chi connectivity index (χ4n) is 2.25. The first-order valence-corrected chi connectivity index (χ1v) is 8.65. The van der Waals surface area contributed by atoms with Crippen molar-refractivity contribution in [3.05, 3.63) is 64.2 Å². The van der Waals surface area contributed by atoms with Gasteiger partial charge in [0, 0.05) is 11.3 Å². The molecule has 142 valence electrons. The van der Waals surface area contributed by atoms with Crippen molar-refractivity contribution in [1.82, 2.24) is 5.32 Å². The van der Waals surface area contributed by atoms with E-state index in [0.29, 0.717) is 11.3 Å². The second kappa shape index (κ2) is 8.22. The highest BCUT2D eigenvalue weighted by Gasteiger charge is 2.20. The van der Waals surface area contributed by atoms with Crippen molar-refractivity contribution in [2.24, 2.45) is 0 Å². The molecule has 0 unspecified atom stereocenters. The Hall–Kier alpha value is -2.86. The minimum absolute atomic E-state index is 0.132. The number of nitrogens with one attached hydrogen (secondary N) is 2. The van der Waals surface area contributed by atoms with Gasteiger partial charge in [0.15, 0.2) is 0 Å². The zero-order valence-electron chi connectivity index (χ0n) is 15.6. The normalized spacial score (nSPS) is 10.9. The van der Waals surface area contributed by atoms with Crippen LogP contribution in [0.3, 0.4) is 0 Å². The van der Waals surface area contributed by atoms with E-state index in [-0.39, 0.29) is 10.6 Å². The molecule has 0 atom stereocenters. The molecule has 0 saturated carbocycles. The molecule has 0 fully saturated rings. The Morgan fingerprint density at radius 3 is 2.26 bits per heavy atom. The largest absolute Gasteiger partial charge is 0.456 e. The van der Waals surface area contributed by atoms with Crippen LogP contribution in [-0.2, 0) is 4.74 Å². The molecule has 0 aliphatic heterocycles. The number of amides is 3. The number of ether oxygens (including phenoxy) is 1. The van der Waals surface area contributed by atoms with Gasteiger partial charge in [-0.1, -0.05) is 29.8 Å². The lowest BCUT2D eigenvalue weighted by atomic mass is 10.1. The van der Waals surface area contributed by atoms with Crippen LogP contribution >= 0.6 is 11.6 Å². The minimum Gasteiger partial charge on any atom is -0.456 e. The summed E-state index contributed by atoms with van der Waals surface area (Å²) in [6.07, 6.45) is 0. The number of carbonyl (C=O) groups excluding carboxylic acids is 3. The maximum absolute atomic E-state index is 12.2. The topological polar surface area (TPSA) is 84.5 Å². The molecule has 27 heavy (non-hydrogen) atoms. The first kappa shape index (κ1) is 20.5. The van der Waals surface area contributed by atoms with Crippen LogP contribution in [0, 0.1) is 6.92 Å². The van der Waals surface area contributed by atoms with Crippen LogP contribution < -0.4 is 10.6 Å². The molecule has 0 bridgehead atoms. The number of aryl methyl sites for hydroxylation is 1. The highest BCUT2D eigenvalue weighted by molar-refractivity contribution is 6.34. The van der Waals surface area contributed by atoms with Crippen molar-refractivity contribution in [3.63, 3.8) is 0 Å². The van der Waals surface area contributed by atoms with E-state index in [1.54, 1.807) is 52.0 Å². The van der Waals surface area contributed by atoms with Gasteiger partial charge in [-0.25, -0.2) is 9.59 Å². The minimum atomic E-state index is -0.704. The molecule has 2 aromatic carbocycles. The van der Waals surface area contributed by atoms with Gasteiger partial charge in [0.1, 0.15) is 5.60 Å². The van der Waals surface area contributed by atoms with Gasteiger partial charge in [-0.2, -0.15) is 0 Å². The van der Waals surface area contributed by atoms with Crippen molar-refractivity contribution < 1.29 is 19.1 Å². The lowest BCUT2D eigenvalue weighted by molar-refractivity contribution is 0.00696. The van der Waals surface area contributed by atoms with Crippen LogP contribution in [0.4, 0.5) is 10.5 Å². The number of halogens is 1. The molecule has 0 aliphatic carbocycles. The summed E-state index contributed by atoms with van der Waals surface area (Å²) in [6, 6.07) is 10.6. The van der Waals surface area contributed by atoms with Crippen molar-refractivity contribution in [1.29, 1.82) is 0 Å². The first-order chi connectivity index (χ1) is 12.6. The smallest absolute Gasteiger partial charge is 0.340 e. The number of urea groups is 1. The zero-order valence-corrected chi connectivity index (χ0v) is 16.3. The SMILES string of the molecule is Cc1ccccc1C(=O)NC(=O)Nc1ccc(C(=O)OC(C)(C)C)c(Cl)c1. The van der Waals surface area contributed by atoms with E-state index in [1.165, 1.54) is 18.2 Å². The molecule has 2 aromatic rings. The maximum Gasteiger partial charge on any atom is 0.340 e. The average Bonchev–Trinajstić information content (AvgIpc) is 2.53. The third kappa shape index (κ3) is 5.82. The van der Waals surface area contributed by atoms with E-state index in [1.807, 2.05) is 0 Å². The maximum atomic E-state index is 12.2. The molecule has 0 saturated heterocycles. The Morgan fingerprint density at radius 1 is 1.00 bits per heavy atom. The average molecular weight is 389 g/mol. The quantitative estimate of drug-likeness (QED) is 0.754. The summed E-state index contributed by atoms with van der Waals surface area (Å²) < 4.78 is 5.27. The molecule has 6 nitrogen and oxygen atoms in total. The molecule has 0 aliphatic rings. The monoisotopic (exact) mass is 388 g/mol. The predicted octanol–water partition coefficient (Wildman–Crippen LogP) is 4.57. The number of esters is 1. The van der Waals surface area contributed by atoms with Crippen molar-refractivity contribution in [2.75, 3.05) is 5.32 Å². The van der Waals surface area contributed by atoms with E-state index in [4.69, 9.17) is 16.3 Å². The third-order valence-electron chi connectivity index (χ3n) is 3.46. The Balaban J connectivity index is 2.04. The number of rotatable bonds is 3. The van der Waals surface area contributed by atoms with Gasteiger partial charge in [-0.05, 0) is 57.5 Å². The van der Waals surface area contributed by atoms with E-state index >= 15 is 0 Å². The molecular weight excluding hydrogens is 368 g/mol. The molecule has 3 amide bonds. The van der Waals surface area contributed by atoms with Crippen molar-refractivity contribution >= 4 is 35.2 Å². The molecule has 2 N–H and O–H groups in total. The first-order valence-electron chi connectivity index (χ1n) is 8.27. The van der Waals surface area contributed by atoms with Gasteiger partial charge < -0.3 is 10.1 Å². The summed E-state index contributed by atoms with van der Waals surface area (Å²) in [4.78, 5) is 36.3. The van der Waals surface area contributed by atoms with Gasteiger partial charge in [0.2, 0.25) is 0 Å². The molecule has 0 radical (unpaired) electrons. The molecule has 0 spiro atoms. The predicted molar refractivity (Wildman–Crippen MR) is 104 cm³/mol. The van der Waals surface area contributed by atoms with Crippen LogP contribution in [0.25, 0.3) is 0 Å². The standard InChI is InChI=1S/C20H21ClN2O4/c1-12-7-5-6-8-14(12)17(24)23-19(26)22-13-9-10-15(16(21)11-13)18(25)27-20(2,3)4/h5-11H,1-4H3,(H2,22,23,24,26). The van der Waals surface area contributed by atoms with Crippen LogP contribution in [0.2, 0.25) is 5.02 Å². The Kier molecular flexibility index (Phi) is 6.23. The summed E-state index contributed by atoms with van der Waals surface area (Å²) >= 11 is 6.12. The van der Waals surface area contributed by atoms with E-state index in [2.05, 4.69) is 10.6 Å². The van der Waals surface area contributed by atoms with Gasteiger partial charge in [-0.15, -0.1) is 0 Å². The third-order valence-corrected chi connectivity index (χ3v) is 3.78. The number of hydrogen-bond donors (Lipinski definition) is 2. The van der Waals surface area contributed by atoms with Crippen LogP contribution in [0.5, 0.6) is 0 Å².